The van der Waals surface area contributed by atoms with Gasteiger partial charge in [0.25, 0.3) is 0 Å². The minimum atomic E-state index is -4.64. The molecule has 0 amide bonds. The van der Waals surface area contributed by atoms with Crippen molar-refractivity contribution in [3.8, 4) is 0 Å². The van der Waals surface area contributed by atoms with Gasteiger partial charge in [-0.1, -0.05) is 71.1 Å². The summed E-state index contributed by atoms with van der Waals surface area (Å²) < 4.78 is 14.1. The quantitative estimate of drug-likeness (QED) is 0.348. The third-order valence-corrected chi connectivity index (χ3v) is 3.04. The van der Waals surface area contributed by atoms with Crippen molar-refractivity contribution >= 4 is 7.82 Å². The van der Waals surface area contributed by atoms with E-state index in [1.165, 1.54) is 70.6 Å². The molecule has 0 saturated heterocycles. The van der Waals surface area contributed by atoms with E-state index in [-0.39, 0.29) is 0 Å². The minimum absolute atomic E-state index is 0.623. The van der Waals surface area contributed by atoms with Gasteiger partial charge in [-0.25, -0.2) is 4.57 Å². The highest BCUT2D eigenvalue weighted by Crippen LogP contribution is 2.25. The van der Waals surface area contributed by atoms with Crippen LogP contribution in [0.15, 0.2) is 0 Å². The molecule has 21 heavy (non-hydrogen) atoms. The van der Waals surface area contributed by atoms with Crippen molar-refractivity contribution in [1.82, 2.24) is 0 Å². The molecule has 3 N–H and O–H groups in total. The molecular formula is C15H34O5P. The normalized spacial score (nSPS) is 11.1. The number of rotatable bonds is 13. The van der Waals surface area contributed by atoms with Crippen LogP contribution in [0, 0.1) is 6.92 Å². The summed E-state index contributed by atoms with van der Waals surface area (Å²) in [4.78, 5) is 21.6. The molecule has 0 aromatic rings. The zero-order valence-electron chi connectivity index (χ0n) is 13.5. The van der Waals surface area contributed by atoms with Gasteiger partial charge in [-0.2, -0.15) is 0 Å². The Labute approximate surface area is 130 Å². The van der Waals surface area contributed by atoms with Gasteiger partial charge in [0.05, 0.1) is 0 Å². The van der Waals surface area contributed by atoms with Crippen LogP contribution >= 0.6 is 7.82 Å². The largest absolute Gasteiger partial charge is 0.466 e. The molecule has 0 aromatic carbocycles. The van der Waals surface area contributed by atoms with E-state index in [0.717, 1.165) is 6.61 Å². The molecule has 0 unspecified atom stereocenters. The van der Waals surface area contributed by atoms with Crippen LogP contribution in [0.1, 0.15) is 77.6 Å². The van der Waals surface area contributed by atoms with Gasteiger partial charge in [0.2, 0.25) is 0 Å². The van der Waals surface area contributed by atoms with E-state index in [4.69, 9.17) is 24.0 Å². The predicted molar refractivity (Wildman–Crippen MR) is 86.9 cm³/mol. The maximum absolute atomic E-state index is 8.88. The zero-order chi connectivity index (χ0) is 16.4. The molecule has 0 bridgehead atoms. The van der Waals surface area contributed by atoms with E-state index < -0.39 is 7.82 Å². The van der Waals surface area contributed by atoms with Crippen LogP contribution in [-0.2, 0) is 9.30 Å². The van der Waals surface area contributed by atoms with Crippen molar-refractivity contribution in [3.63, 3.8) is 0 Å². The fraction of sp³-hybridized carbons (Fsp3) is 0.933. The van der Waals surface area contributed by atoms with E-state index in [1.54, 1.807) is 0 Å². The lowest BCUT2D eigenvalue weighted by atomic mass is 10.1. The average Bonchev–Trinajstić information content (AvgIpc) is 2.38. The van der Waals surface area contributed by atoms with Crippen molar-refractivity contribution in [2.24, 2.45) is 0 Å². The highest BCUT2D eigenvalue weighted by atomic mass is 31.2. The Balaban J connectivity index is 0. The molecule has 0 spiro atoms. The van der Waals surface area contributed by atoms with Crippen LogP contribution in [0.4, 0.5) is 0 Å². The van der Waals surface area contributed by atoms with Gasteiger partial charge in [0, 0.05) is 13.2 Å². The van der Waals surface area contributed by atoms with Crippen LogP contribution in [0.3, 0.4) is 0 Å². The first kappa shape index (κ1) is 23.3. The molecule has 6 heteroatoms. The van der Waals surface area contributed by atoms with Gasteiger partial charge >= 0.3 is 7.82 Å². The number of unbranched alkanes of at least 4 members (excludes halogenated alkanes) is 10. The molecule has 0 aliphatic carbocycles. The van der Waals surface area contributed by atoms with E-state index in [9.17, 15) is 0 Å². The highest BCUT2D eigenvalue weighted by molar-refractivity contribution is 7.45. The maximum Gasteiger partial charge on any atom is 0.466 e. The molecule has 0 saturated carbocycles. The summed E-state index contributed by atoms with van der Waals surface area (Å²) in [6.45, 7) is 7.45. The standard InChI is InChI=1S/C15H31O.H3O4P/c1-3-5-6-7-8-9-10-11-12-13-14-15-16-4-2;1-5(2,3)4/h2-15H2,1H3;(H3,1,2,3,4). The first-order valence-electron chi connectivity index (χ1n) is 8.07. The molecule has 0 aliphatic rings. The topological polar surface area (TPSA) is 87.0 Å². The highest BCUT2D eigenvalue weighted by Gasteiger charge is 2.00. The van der Waals surface area contributed by atoms with Crippen LogP contribution in [0.2, 0.25) is 0 Å². The van der Waals surface area contributed by atoms with E-state index in [1.807, 2.05) is 0 Å². The molecule has 1 radical (unpaired) electrons. The van der Waals surface area contributed by atoms with Crippen LogP contribution in [0.25, 0.3) is 0 Å². The molecule has 129 valence electrons. The molecule has 0 aliphatic heterocycles. The van der Waals surface area contributed by atoms with E-state index in [2.05, 4.69) is 13.8 Å². The number of hydrogen-bond donors (Lipinski definition) is 3. The van der Waals surface area contributed by atoms with Gasteiger partial charge in [-0.05, 0) is 13.3 Å². The molecule has 5 nitrogen and oxygen atoms in total. The lowest BCUT2D eigenvalue weighted by molar-refractivity contribution is 0.156. The van der Waals surface area contributed by atoms with Gasteiger partial charge in [0.1, 0.15) is 0 Å². The Bertz CT molecular complexity index is 208. The molecule has 0 fully saturated rings. The van der Waals surface area contributed by atoms with Crippen molar-refractivity contribution in [1.29, 1.82) is 0 Å². The van der Waals surface area contributed by atoms with Gasteiger partial charge in [0.15, 0.2) is 0 Å². The first-order valence-corrected chi connectivity index (χ1v) is 9.63. The molecule has 0 heterocycles. The van der Waals surface area contributed by atoms with Crippen LogP contribution in [-0.4, -0.2) is 27.9 Å². The third-order valence-electron chi connectivity index (χ3n) is 3.04. The number of phosphoric acid groups is 1. The Hall–Kier alpha value is 0.0700. The fourth-order valence-corrected chi connectivity index (χ4v) is 1.97. The summed E-state index contributed by atoms with van der Waals surface area (Å²) >= 11 is 0. The fourth-order valence-electron chi connectivity index (χ4n) is 1.97. The van der Waals surface area contributed by atoms with Crippen molar-refractivity contribution in [3.05, 3.63) is 6.92 Å². The molecule has 0 aromatic heterocycles. The lowest BCUT2D eigenvalue weighted by Gasteiger charge is -2.02. The Morgan fingerprint density at radius 1 is 0.810 bits per heavy atom. The van der Waals surface area contributed by atoms with Crippen molar-refractivity contribution in [2.75, 3.05) is 13.2 Å². The SMILES string of the molecule is O=P(O)(O)O.[CH2]COCCCCCCCCCCCCC. The van der Waals surface area contributed by atoms with Crippen LogP contribution < -0.4 is 0 Å². The second-order valence-electron chi connectivity index (χ2n) is 5.16. The smallest absolute Gasteiger partial charge is 0.381 e. The molecular weight excluding hydrogens is 291 g/mol. The average molecular weight is 325 g/mol. The molecule has 0 atom stereocenters. The summed E-state index contributed by atoms with van der Waals surface area (Å²) in [5, 5.41) is 0. The van der Waals surface area contributed by atoms with Gasteiger partial charge < -0.3 is 19.4 Å². The minimum Gasteiger partial charge on any atom is -0.381 e. The zero-order valence-corrected chi connectivity index (χ0v) is 14.4. The predicted octanol–water partition coefficient (Wildman–Crippen LogP) is 4.22. The Kier molecular flexibility index (Phi) is 20.1. The van der Waals surface area contributed by atoms with Gasteiger partial charge in [-0.3, -0.25) is 0 Å². The third kappa shape index (κ3) is 38.4. The monoisotopic (exact) mass is 325 g/mol. The summed E-state index contributed by atoms with van der Waals surface area (Å²) in [5.74, 6) is 0. The van der Waals surface area contributed by atoms with Gasteiger partial charge in [-0.15, -0.1) is 0 Å². The summed E-state index contributed by atoms with van der Waals surface area (Å²) in [5.41, 5.74) is 0. The second-order valence-corrected chi connectivity index (χ2v) is 6.19. The maximum atomic E-state index is 8.88. The lowest BCUT2D eigenvalue weighted by Crippen LogP contribution is -1.93. The van der Waals surface area contributed by atoms with Crippen molar-refractivity contribution in [2.45, 2.75) is 77.6 Å². The van der Waals surface area contributed by atoms with Crippen LogP contribution in [0.5, 0.6) is 0 Å². The van der Waals surface area contributed by atoms with E-state index >= 15 is 0 Å². The number of ether oxygens (including phenoxy) is 1. The Morgan fingerprint density at radius 3 is 1.48 bits per heavy atom. The number of hydrogen-bond acceptors (Lipinski definition) is 2. The second kappa shape index (κ2) is 18.1. The summed E-state index contributed by atoms with van der Waals surface area (Å²) in [6.07, 6.45) is 15.3. The Morgan fingerprint density at radius 2 is 1.14 bits per heavy atom. The van der Waals surface area contributed by atoms with Crippen molar-refractivity contribution < 1.29 is 24.0 Å². The first-order chi connectivity index (χ1) is 9.91. The summed E-state index contributed by atoms with van der Waals surface area (Å²) in [7, 11) is -4.64. The van der Waals surface area contributed by atoms with E-state index in [0.29, 0.717) is 6.61 Å². The summed E-state index contributed by atoms with van der Waals surface area (Å²) in [6, 6.07) is 0. The molecule has 0 rings (SSSR count).